The fourth-order valence-electron chi connectivity index (χ4n) is 1.51. The van der Waals surface area contributed by atoms with E-state index in [2.05, 4.69) is 5.16 Å². The Balaban J connectivity index is 2.06. The molecule has 2 rings (SSSR count). The molecule has 2 aromatic carbocycles. The molecule has 0 fully saturated rings. The normalized spacial score (nSPS) is 11.3. The van der Waals surface area contributed by atoms with Crippen molar-refractivity contribution in [3.63, 3.8) is 0 Å². The molecule has 0 aromatic heterocycles. The fraction of sp³-hybridized carbons (Fsp3) is 0.0714. The van der Waals surface area contributed by atoms with Gasteiger partial charge in [0.05, 0.1) is 0 Å². The summed E-state index contributed by atoms with van der Waals surface area (Å²) in [6, 6.07) is 17.0. The summed E-state index contributed by atoms with van der Waals surface area (Å²) in [4.78, 5) is 0. The molecular formula is C14H12ClNO2. The SMILES string of the molecule is ON=C(Cl)c1cccc(OCc2ccccc2)c1. The molecule has 92 valence electrons. The van der Waals surface area contributed by atoms with Gasteiger partial charge in [-0.2, -0.15) is 0 Å². The van der Waals surface area contributed by atoms with Crippen molar-refractivity contribution in [2.75, 3.05) is 0 Å². The lowest BCUT2D eigenvalue weighted by Crippen LogP contribution is -1.97. The lowest BCUT2D eigenvalue weighted by Gasteiger charge is -2.07. The van der Waals surface area contributed by atoms with E-state index >= 15 is 0 Å². The van der Waals surface area contributed by atoms with Crippen LogP contribution in [-0.2, 0) is 6.61 Å². The molecule has 0 atom stereocenters. The van der Waals surface area contributed by atoms with E-state index in [4.69, 9.17) is 21.5 Å². The summed E-state index contributed by atoms with van der Waals surface area (Å²) in [5, 5.41) is 11.6. The molecule has 0 radical (unpaired) electrons. The maximum absolute atomic E-state index is 8.60. The van der Waals surface area contributed by atoms with Crippen LogP contribution in [0.25, 0.3) is 0 Å². The van der Waals surface area contributed by atoms with Crippen molar-refractivity contribution in [3.05, 3.63) is 65.7 Å². The standard InChI is InChI=1S/C14H12ClNO2/c15-14(16-17)12-7-4-8-13(9-12)18-10-11-5-2-1-3-6-11/h1-9,17H,10H2. The van der Waals surface area contributed by atoms with Crippen molar-refractivity contribution in [2.24, 2.45) is 5.16 Å². The van der Waals surface area contributed by atoms with E-state index in [9.17, 15) is 0 Å². The van der Waals surface area contributed by atoms with Crippen molar-refractivity contribution >= 4 is 16.8 Å². The van der Waals surface area contributed by atoms with Crippen LogP contribution in [0.2, 0.25) is 0 Å². The van der Waals surface area contributed by atoms with Crippen LogP contribution in [0.3, 0.4) is 0 Å². The van der Waals surface area contributed by atoms with Crippen LogP contribution in [0, 0.1) is 0 Å². The average Bonchev–Trinajstić information content (AvgIpc) is 2.45. The Hall–Kier alpha value is -2.00. The van der Waals surface area contributed by atoms with Gasteiger partial charge in [0.25, 0.3) is 0 Å². The molecule has 18 heavy (non-hydrogen) atoms. The van der Waals surface area contributed by atoms with Gasteiger partial charge in [-0.15, -0.1) is 0 Å². The zero-order valence-electron chi connectivity index (χ0n) is 9.58. The maximum Gasteiger partial charge on any atom is 0.175 e. The van der Waals surface area contributed by atoms with Gasteiger partial charge in [0.1, 0.15) is 12.4 Å². The molecule has 0 spiro atoms. The van der Waals surface area contributed by atoms with Crippen LogP contribution < -0.4 is 4.74 Å². The third kappa shape index (κ3) is 3.25. The summed E-state index contributed by atoms with van der Waals surface area (Å²) >= 11 is 5.72. The molecule has 0 heterocycles. The number of hydrogen-bond acceptors (Lipinski definition) is 3. The summed E-state index contributed by atoms with van der Waals surface area (Å²) in [7, 11) is 0. The number of rotatable bonds is 4. The van der Waals surface area contributed by atoms with Gasteiger partial charge >= 0.3 is 0 Å². The zero-order valence-corrected chi connectivity index (χ0v) is 10.3. The van der Waals surface area contributed by atoms with Gasteiger partial charge in [0, 0.05) is 5.56 Å². The van der Waals surface area contributed by atoms with Gasteiger partial charge in [-0.3, -0.25) is 0 Å². The summed E-state index contributed by atoms with van der Waals surface area (Å²) in [6.45, 7) is 0.484. The molecule has 4 heteroatoms. The highest BCUT2D eigenvalue weighted by Crippen LogP contribution is 2.16. The minimum Gasteiger partial charge on any atom is -0.489 e. The average molecular weight is 262 g/mol. The predicted molar refractivity (Wildman–Crippen MR) is 71.4 cm³/mol. The third-order valence-corrected chi connectivity index (χ3v) is 2.70. The van der Waals surface area contributed by atoms with Crippen LogP contribution in [-0.4, -0.2) is 10.4 Å². The highest BCUT2D eigenvalue weighted by Gasteiger charge is 2.02. The molecule has 2 aromatic rings. The first kappa shape index (κ1) is 12.5. The molecular weight excluding hydrogens is 250 g/mol. The minimum absolute atomic E-state index is 0.0418. The predicted octanol–water partition coefficient (Wildman–Crippen LogP) is 3.64. The monoisotopic (exact) mass is 261 g/mol. The van der Waals surface area contributed by atoms with Gasteiger partial charge in [0.15, 0.2) is 5.17 Å². The summed E-state index contributed by atoms with van der Waals surface area (Å²) in [5.74, 6) is 0.679. The third-order valence-electron chi connectivity index (χ3n) is 2.41. The van der Waals surface area contributed by atoms with Crippen molar-refractivity contribution in [1.29, 1.82) is 0 Å². The number of oxime groups is 1. The van der Waals surface area contributed by atoms with E-state index in [0.29, 0.717) is 17.9 Å². The van der Waals surface area contributed by atoms with Gasteiger partial charge in [-0.25, -0.2) is 0 Å². The molecule has 3 nitrogen and oxygen atoms in total. The molecule has 0 unspecified atom stereocenters. The van der Waals surface area contributed by atoms with Crippen LogP contribution >= 0.6 is 11.6 Å². The Morgan fingerprint density at radius 2 is 1.89 bits per heavy atom. The Labute approximate surface area is 110 Å². The molecule has 0 amide bonds. The van der Waals surface area contributed by atoms with Gasteiger partial charge in [-0.1, -0.05) is 59.2 Å². The van der Waals surface area contributed by atoms with Crippen molar-refractivity contribution in [2.45, 2.75) is 6.61 Å². The van der Waals surface area contributed by atoms with E-state index in [0.717, 1.165) is 5.56 Å². The Morgan fingerprint density at radius 1 is 1.11 bits per heavy atom. The number of hydrogen-bond donors (Lipinski definition) is 1. The molecule has 0 aliphatic heterocycles. The summed E-state index contributed by atoms with van der Waals surface area (Å²) in [6.07, 6.45) is 0. The second-order valence-electron chi connectivity index (χ2n) is 3.69. The molecule has 1 N–H and O–H groups in total. The number of ether oxygens (including phenoxy) is 1. The highest BCUT2D eigenvalue weighted by molar-refractivity contribution is 6.69. The van der Waals surface area contributed by atoms with Crippen LogP contribution in [0.5, 0.6) is 5.75 Å². The number of benzene rings is 2. The van der Waals surface area contributed by atoms with Crippen LogP contribution in [0.15, 0.2) is 59.8 Å². The molecule has 0 saturated heterocycles. The first-order valence-electron chi connectivity index (χ1n) is 5.44. The van der Waals surface area contributed by atoms with E-state index in [-0.39, 0.29) is 5.17 Å². The highest BCUT2D eigenvalue weighted by atomic mass is 35.5. The first-order valence-corrected chi connectivity index (χ1v) is 5.82. The van der Waals surface area contributed by atoms with Crippen LogP contribution in [0.1, 0.15) is 11.1 Å². The number of nitrogens with zero attached hydrogens (tertiary/aromatic N) is 1. The van der Waals surface area contributed by atoms with Crippen molar-refractivity contribution in [1.82, 2.24) is 0 Å². The van der Waals surface area contributed by atoms with Crippen LogP contribution in [0.4, 0.5) is 0 Å². The maximum atomic E-state index is 8.60. The van der Waals surface area contributed by atoms with E-state index < -0.39 is 0 Å². The van der Waals surface area contributed by atoms with Gasteiger partial charge in [0.2, 0.25) is 0 Å². The Morgan fingerprint density at radius 3 is 2.61 bits per heavy atom. The molecule has 0 saturated carbocycles. The number of halogens is 1. The van der Waals surface area contributed by atoms with Crippen molar-refractivity contribution < 1.29 is 9.94 Å². The van der Waals surface area contributed by atoms with Gasteiger partial charge < -0.3 is 9.94 Å². The minimum atomic E-state index is 0.0418. The van der Waals surface area contributed by atoms with Crippen molar-refractivity contribution in [3.8, 4) is 5.75 Å². The zero-order chi connectivity index (χ0) is 12.8. The summed E-state index contributed by atoms with van der Waals surface area (Å²) < 4.78 is 5.63. The second-order valence-corrected chi connectivity index (χ2v) is 4.05. The summed E-state index contributed by atoms with van der Waals surface area (Å²) in [5.41, 5.74) is 1.70. The fourth-order valence-corrected chi connectivity index (χ4v) is 1.63. The lowest BCUT2D eigenvalue weighted by molar-refractivity contribution is 0.306. The first-order chi connectivity index (χ1) is 8.79. The van der Waals surface area contributed by atoms with E-state index in [1.807, 2.05) is 36.4 Å². The molecule has 0 aliphatic rings. The Kier molecular flexibility index (Phi) is 4.20. The molecule has 0 aliphatic carbocycles. The second kappa shape index (κ2) is 6.07. The smallest absolute Gasteiger partial charge is 0.175 e. The topological polar surface area (TPSA) is 41.8 Å². The van der Waals surface area contributed by atoms with E-state index in [1.54, 1.807) is 18.2 Å². The molecule has 0 bridgehead atoms. The van der Waals surface area contributed by atoms with Gasteiger partial charge in [-0.05, 0) is 17.7 Å². The quantitative estimate of drug-likeness (QED) is 0.519. The Bertz CT molecular complexity index is 541. The largest absolute Gasteiger partial charge is 0.489 e. The van der Waals surface area contributed by atoms with E-state index in [1.165, 1.54) is 0 Å². The lowest BCUT2D eigenvalue weighted by atomic mass is 10.2.